The van der Waals surface area contributed by atoms with E-state index in [4.69, 9.17) is 0 Å². The number of carbonyl (C=O) groups is 3. The van der Waals surface area contributed by atoms with Crippen LogP contribution in [-0.4, -0.2) is 84.5 Å². The molecule has 49 heavy (non-hydrogen) atoms. The van der Waals surface area contributed by atoms with Crippen LogP contribution in [0, 0.1) is 11.8 Å². The molecule has 0 saturated carbocycles. The van der Waals surface area contributed by atoms with E-state index in [0.717, 1.165) is 69.9 Å². The predicted octanol–water partition coefficient (Wildman–Crippen LogP) is 4.91. The standard InChI is InChI=1S/C40H47N5O4/c1-26-2-3-29-23-33(46)9-11-34(29)38(26)28-4-6-31(7-5-28)43-16-14-27(15-17-43)24-42-18-20-44(21-19-42)32-8-10-35-30(22-32)25-45(40(35)49)36-12-13-37(47)41-39(36)48/h4-11,22-23,26-27,36,38,46H,2-3,12-21,24-25H2,1H3,(H,41,47,48). The Kier molecular flexibility index (Phi) is 8.56. The topological polar surface area (TPSA) is 96.4 Å². The van der Waals surface area contributed by atoms with Crippen LogP contribution in [0.1, 0.15) is 77.6 Å². The van der Waals surface area contributed by atoms with E-state index in [1.165, 1.54) is 35.2 Å². The molecule has 3 aromatic rings. The summed E-state index contributed by atoms with van der Waals surface area (Å²) in [5.41, 5.74) is 8.12. The van der Waals surface area contributed by atoms with E-state index in [2.05, 4.69) is 63.3 Å². The molecule has 3 unspecified atom stereocenters. The lowest BCUT2D eigenvalue weighted by atomic mass is 9.72. The van der Waals surface area contributed by atoms with E-state index in [1.807, 2.05) is 24.3 Å². The molecule has 2 N–H and O–H groups in total. The van der Waals surface area contributed by atoms with E-state index < -0.39 is 6.04 Å². The highest BCUT2D eigenvalue weighted by Crippen LogP contribution is 2.42. The minimum absolute atomic E-state index is 0.119. The van der Waals surface area contributed by atoms with Crippen molar-refractivity contribution in [1.29, 1.82) is 0 Å². The second kappa shape index (κ2) is 13.2. The molecule has 8 rings (SSSR count). The molecule has 4 heterocycles. The normalized spacial score (nSPS) is 25.0. The second-order valence-electron chi connectivity index (χ2n) is 14.9. The van der Waals surface area contributed by atoms with Gasteiger partial charge in [-0.2, -0.15) is 0 Å². The highest BCUT2D eigenvalue weighted by atomic mass is 16.3. The predicted molar refractivity (Wildman–Crippen MR) is 190 cm³/mol. The summed E-state index contributed by atoms with van der Waals surface area (Å²) in [7, 11) is 0. The SMILES string of the molecule is CC1CCc2cc(O)ccc2C1c1ccc(N2CCC(CN3CCN(c4ccc5c(c4)CN(C4CCC(=O)NC4=O)C5=O)CC3)CC2)cc1. The Morgan fingerprint density at radius 3 is 2.24 bits per heavy atom. The van der Waals surface area contributed by atoms with Gasteiger partial charge in [-0.1, -0.05) is 25.1 Å². The molecular formula is C40H47N5O4. The maximum atomic E-state index is 13.1. The molecule has 0 bridgehead atoms. The number of hydrogen-bond donors (Lipinski definition) is 2. The molecule has 9 heteroatoms. The lowest BCUT2D eigenvalue weighted by molar-refractivity contribution is -0.136. The highest BCUT2D eigenvalue weighted by Gasteiger charge is 2.39. The number of fused-ring (bicyclic) bond motifs is 2. The summed E-state index contributed by atoms with van der Waals surface area (Å²) in [5.74, 6) is 1.29. The van der Waals surface area contributed by atoms with Crippen LogP contribution in [0.5, 0.6) is 5.75 Å². The van der Waals surface area contributed by atoms with Gasteiger partial charge in [-0.15, -0.1) is 0 Å². The number of nitrogens with one attached hydrogen (secondary N) is 1. The maximum absolute atomic E-state index is 13.1. The van der Waals surface area contributed by atoms with Crippen LogP contribution < -0.4 is 15.1 Å². The monoisotopic (exact) mass is 661 g/mol. The maximum Gasteiger partial charge on any atom is 0.255 e. The number of imide groups is 1. The summed E-state index contributed by atoms with van der Waals surface area (Å²) in [4.78, 5) is 46.3. The fraction of sp³-hybridized carbons (Fsp3) is 0.475. The van der Waals surface area contributed by atoms with Crippen LogP contribution in [0.15, 0.2) is 60.7 Å². The molecule has 1 aliphatic carbocycles. The molecule has 0 aromatic heterocycles. The molecule has 256 valence electrons. The van der Waals surface area contributed by atoms with E-state index in [-0.39, 0.29) is 24.1 Å². The average molecular weight is 662 g/mol. The van der Waals surface area contributed by atoms with Gasteiger partial charge in [0.25, 0.3) is 5.91 Å². The Bertz CT molecular complexity index is 1740. The Morgan fingerprint density at radius 1 is 0.755 bits per heavy atom. The lowest BCUT2D eigenvalue weighted by Crippen LogP contribution is -2.52. The Hall–Kier alpha value is -4.37. The second-order valence-corrected chi connectivity index (χ2v) is 14.9. The minimum Gasteiger partial charge on any atom is -0.508 e. The zero-order valence-corrected chi connectivity index (χ0v) is 28.4. The fourth-order valence-electron chi connectivity index (χ4n) is 9.05. The highest BCUT2D eigenvalue weighted by molar-refractivity contribution is 6.05. The number of nitrogens with zero attached hydrogens (tertiary/aromatic N) is 4. The third kappa shape index (κ3) is 6.29. The van der Waals surface area contributed by atoms with Crippen LogP contribution in [0.3, 0.4) is 0 Å². The number of carbonyl (C=O) groups excluding carboxylic acids is 3. The van der Waals surface area contributed by atoms with Gasteiger partial charge in [0, 0.05) is 81.6 Å². The third-order valence-electron chi connectivity index (χ3n) is 11.9. The molecule has 5 aliphatic rings. The van der Waals surface area contributed by atoms with Gasteiger partial charge < -0.3 is 19.8 Å². The quantitative estimate of drug-likeness (QED) is 0.363. The van der Waals surface area contributed by atoms with Crippen LogP contribution >= 0.6 is 0 Å². The van der Waals surface area contributed by atoms with E-state index >= 15 is 0 Å². The molecule has 4 aliphatic heterocycles. The molecule has 0 spiro atoms. The Balaban J connectivity index is 0.816. The number of anilines is 2. The molecule has 0 radical (unpaired) electrons. The summed E-state index contributed by atoms with van der Waals surface area (Å²) >= 11 is 0. The first-order valence-corrected chi connectivity index (χ1v) is 18.2. The minimum atomic E-state index is -0.580. The van der Waals surface area contributed by atoms with Crippen LogP contribution in [0.2, 0.25) is 0 Å². The van der Waals surface area contributed by atoms with Crippen molar-refractivity contribution in [1.82, 2.24) is 15.1 Å². The number of aromatic hydroxyl groups is 1. The molecule has 9 nitrogen and oxygen atoms in total. The van der Waals surface area contributed by atoms with E-state index in [9.17, 15) is 19.5 Å². The van der Waals surface area contributed by atoms with Crippen LogP contribution in [0.25, 0.3) is 0 Å². The summed E-state index contributed by atoms with van der Waals surface area (Å²) in [6, 6.07) is 20.7. The smallest absolute Gasteiger partial charge is 0.255 e. The number of rotatable bonds is 6. The van der Waals surface area contributed by atoms with Gasteiger partial charge >= 0.3 is 0 Å². The fourth-order valence-corrected chi connectivity index (χ4v) is 9.05. The zero-order chi connectivity index (χ0) is 33.6. The summed E-state index contributed by atoms with van der Waals surface area (Å²) in [6.45, 7) is 10.1. The molecule has 3 fully saturated rings. The molecule has 3 atom stereocenters. The first kappa shape index (κ1) is 31.9. The first-order valence-electron chi connectivity index (χ1n) is 18.2. The summed E-state index contributed by atoms with van der Waals surface area (Å²) in [5, 5.41) is 12.4. The van der Waals surface area contributed by atoms with Crippen molar-refractivity contribution in [3.05, 3.63) is 88.5 Å². The van der Waals surface area contributed by atoms with Crippen molar-refractivity contribution in [2.45, 2.75) is 64.0 Å². The molecule has 3 saturated heterocycles. The molecular weight excluding hydrogens is 614 g/mol. The number of amides is 3. The van der Waals surface area contributed by atoms with Gasteiger partial charge in [0.2, 0.25) is 11.8 Å². The van der Waals surface area contributed by atoms with E-state index in [1.54, 1.807) is 4.90 Å². The van der Waals surface area contributed by atoms with Crippen LogP contribution in [0.4, 0.5) is 11.4 Å². The van der Waals surface area contributed by atoms with Crippen molar-refractivity contribution < 1.29 is 19.5 Å². The number of piperidine rings is 2. The summed E-state index contributed by atoms with van der Waals surface area (Å²) in [6.07, 6.45) is 5.26. The van der Waals surface area contributed by atoms with Gasteiger partial charge in [-0.05, 0) is 109 Å². The van der Waals surface area contributed by atoms with E-state index in [0.29, 0.717) is 42.0 Å². The van der Waals surface area contributed by atoms with Crippen LogP contribution in [-0.2, 0) is 22.6 Å². The number of hydrogen-bond acceptors (Lipinski definition) is 7. The van der Waals surface area contributed by atoms with Crippen molar-refractivity contribution in [3.8, 4) is 5.75 Å². The molecule has 3 aromatic carbocycles. The average Bonchev–Trinajstić information content (AvgIpc) is 3.44. The number of aryl methyl sites for hydroxylation is 1. The third-order valence-corrected chi connectivity index (χ3v) is 11.9. The van der Waals surface area contributed by atoms with Crippen molar-refractivity contribution in [2.75, 3.05) is 55.6 Å². The van der Waals surface area contributed by atoms with Gasteiger partial charge in [-0.3, -0.25) is 24.6 Å². The first-order chi connectivity index (χ1) is 23.8. The number of phenols is 1. The van der Waals surface area contributed by atoms with Crippen molar-refractivity contribution in [3.63, 3.8) is 0 Å². The van der Waals surface area contributed by atoms with Crippen molar-refractivity contribution in [2.24, 2.45) is 11.8 Å². The van der Waals surface area contributed by atoms with Gasteiger partial charge in [0.1, 0.15) is 11.8 Å². The molecule has 3 amide bonds. The lowest BCUT2D eigenvalue weighted by Gasteiger charge is -2.40. The van der Waals surface area contributed by atoms with Gasteiger partial charge in [0.05, 0.1) is 0 Å². The number of phenolic OH excluding ortho intramolecular Hbond substituents is 1. The Labute approximate surface area is 288 Å². The number of piperazine rings is 1. The van der Waals surface area contributed by atoms with Crippen molar-refractivity contribution >= 4 is 29.1 Å². The van der Waals surface area contributed by atoms with Gasteiger partial charge in [-0.25, -0.2) is 0 Å². The number of benzene rings is 3. The van der Waals surface area contributed by atoms with Gasteiger partial charge in [0.15, 0.2) is 0 Å². The zero-order valence-electron chi connectivity index (χ0n) is 28.4. The largest absolute Gasteiger partial charge is 0.508 e. The summed E-state index contributed by atoms with van der Waals surface area (Å²) < 4.78 is 0. The Morgan fingerprint density at radius 2 is 1.49 bits per heavy atom.